The first-order chi connectivity index (χ1) is 28.3. The zero-order valence-corrected chi connectivity index (χ0v) is 30.5. The first-order valence-corrected chi connectivity index (χ1v) is 19.1. The van der Waals surface area contributed by atoms with Crippen molar-refractivity contribution in [1.82, 2.24) is 33.7 Å². The van der Waals surface area contributed by atoms with Crippen molar-refractivity contribution in [2.45, 2.75) is 0 Å². The van der Waals surface area contributed by atoms with E-state index in [9.17, 15) is 0 Å². The van der Waals surface area contributed by atoms with Crippen LogP contribution < -0.4 is 0 Å². The quantitative estimate of drug-likeness (QED) is 0.177. The van der Waals surface area contributed by atoms with E-state index in [2.05, 4.69) is 154 Å². The summed E-state index contributed by atoms with van der Waals surface area (Å²) < 4.78 is 6.51. The van der Waals surface area contributed by atoms with Crippen molar-refractivity contribution in [2.75, 3.05) is 0 Å². The number of benzene rings is 7. The van der Waals surface area contributed by atoms with Gasteiger partial charge in [-0.15, -0.1) is 5.10 Å². The first-order valence-electron chi connectivity index (χ1n) is 19.1. The molecule has 7 aromatic carbocycles. The minimum absolute atomic E-state index is 0.567. The lowest BCUT2D eigenvalue weighted by atomic mass is 10.0. The molecule has 0 saturated carbocycles. The molecule has 0 atom stereocenters. The van der Waals surface area contributed by atoms with Crippen LogP contribution >= 0.6 is 0 Å². The number of pyridine rings is 1. The number of hydrogen-bond acceptors (Lipinski definition) is 4. The molecule has 0 spiro atoms. The minimum atomic E-state index is 0.567. The van der Waals surface area contributed by atoms with E-state index in [0.29, 0.717) is 11.6 Å². The lowest BCUT2D eigenvalue weighted by Gasteiger charge is -2.10. The van der Waals surface area contributed by atoms with E-state index in [1.165, 1.54) is 38.2 Å². The van der Waals surface area contributed by atoms with Gasteiger partial charge in [0.1, 0.15) is 0 Å². The van der Waals surface area contributed by atoms with E-state index in [0.717, 1.165) is 55.6 Å². The molecule has 7 heteroatoms. The molecule has 0 fully saturated rings. The molecular formula is C50H31N7. The lowest BCUT2D eigenvalue weighted by molar-refractivity contribution is 0.988. The highest BCUT2D eigenvalue weighted by Gasteiger charge is 2.18. The van der Waals surface area contributed by atoms with E-state index in [1.54, 1.807) is 0 Å². The molecule has 12 rings (SSSR count). The molecular weight excluding hydrogens is 699 g/mol. The molecule has 0 aliphatic heterocycles. The van der Waals surface area contributed by atoms with Gasteiger partial charge in [0, 0.05) is 49.9 Å². The standard InChI is InChI=1S/C50H31N7/c1-2-12-32(13-3-1)48-40-19-6-9-22-47(40)57-50(52-48)53-49(54-57)35-14-10-15-36(28-35)55-43-20-7-4-17-38(43)41-29-33(23-25-45(41)55)34-24-26-46-42(30-34)39-18-5-8-21-44(39)56(46)37-16-11-27-51-31-37/h1-31H. The molecule has 0 aliphatic rings. The Bertz CT molecular complexity index is 3520. The molecule has 57 heavy (non-hydrogen) atoms. The van der Waals surface area contributed by atoms with E-state index in [1.807, 2.05) is 53.3 Å². The second-order valence-corrected chi connectivity index (χ2v) is 14.4. The van der Waals surface area contributed by atoms with E-state index < -0.39 is 0 Å². The highest BCUT2D eigenvalue weighted by molar-refractivity contribution is 6.12. The van der Waals surface area contributed by atoms with E-state index in [4.69, 9.17) is 15.1 Å². The summed E-state index contributed by atoms with van der Waals surface area (Å²) in [5.74, 6) is 1.19. The highest BCUT2D eigenvalue weighted by atomic mass is 15.3. The summed E-state index contributed by atoms with van der Waals surface area (Å²) in [5, 5.41) is 10.9. The molecule has 0 radical (unpaired) electrons. The molecule has 0 N–H and O–H groups in total. The van der Waals surface area contributed by atoms with Gasteiger partial charge < -0.3 is 9.13 Å². The van der Waals surface area contributed by atoms with Crippen molar-refractivity contribution < 1.29 is 0 Å². The maximum Gasteiger partial charge on any atom is 0.253 e. The molecule has 0 saturated heterocycles. The lowest BCUT2D eigenvalue weighted by Crippen LogP contribution is -1.97. The molecule has 0 bridgehead atoms. The Morgan fingerprint density at radius 2 is 0.947 bits per heavy atom. The van der Waals surface area contributed by atoms with Gasteiger partial charge in [0.25, 0.3) is 5.78 Å². The number of fused-ring (bicyclic) bond motifs is 9. The molecule has 0 aliphatic carbocycles. The summed E-state index contributed by atoms with van der Waals surface area (Å²) in [4.78, 5) is 14.4. The summed E-state index contributed by atoms with van der Waals surface area (Å²) in [6, 6.07) is 62.0. The fourth-order valence-corrected chi connectivity index (χ4v) is 8.63. The fourth-order valence-electron chi connectivity index (χ4n) is 8.63. The van der Waals surface area contributed by atoms with Gasteiger partial charge >= 0.3 is 0 Å². The summed E-state index contributed by atoms with van der Waals surface area (Å²) in [7, 11) is 0. The van der Waals surface area contributed by atoms with Crippen molar-refractivity contribution in [3.8, 4) is 45.1 Å². The van der Waals surface area contributed by atoms with Crippen LogP contribution in [-0.4, -0.2) is 33.7 Å². The second kappa shape index (κ2) is 12.3. The number of para-hydroxylation sites is 3. The molecule has 266 valence electrons. The highest BCUT2D eigenvalue weighted by Crippen LogP contribution is 2.39. The molecule has 12 aromatic rings. The smallest absolute Gasteiger partial charge is 0.253 e. The van der Waals surface area contributed by atoms with Crippen LogP contribution in [0, 0.1) is 0 Å². The topological polar surface area (TPSA) is 65.8 Å². The Balaban J connectivity index is 0.986. The number of aromatic nitrogens is 7. The van der Waals surface area contributed by atoms with Crippen molar-refractivity contribution in [3.05, 3.63) is 188 Å². The van der Waals surface area contributed by atoms with Gasteiger partial charge in [-0.3, -0.25) is 4.98 Å². The van der Waals surface area contributed by atoms with Crippen molar-refractivity contribution in [3.63, 3.8) is 0 Å². The molecule has 0 unspecified atom stereocenters. The van der Waals surface area contributed by atoms with Gasteiger partial charge in [-0.25, -0.2) is 4.98 Å². The third-order valence-electron chi connectivity index (χ3n) is 11.2. The summed E-state index contributed by atoms with van der Waals surface area (Å²) in [6.45, 7) is 0. The maximum atomic E-state index is 5.03. The number of hydrogen-bond donors (Lipinski definition) is 0. The van der Waals surface area contributed by atoms with E-state index >= 15 is 0 Å². The van der Waals surface area contributed by atoms with Gasteiger partial charge in [0.05, 0.1) is 45.2 Å². The molecule has 7 nitrogen and oxygen atoms in total. The van der Waals surface area contributed by atoms with Crippen LogP contribution in [0.15, 0.2) is 188 Å². The van der Waals surface area contributed by atoms with Crippen LogP contribution in [0.4, 0.5) is 0 Å². The predicted molar refractivity (Wildman–Crippen MR) is 231 cm³/mol. The zero-order chi connectivity index (χ0) is 37.5. The van der Waals surface area contributed by atoms with Crippen molar-refractivity contribution in [1.29, 1.82) is 0 Å². The normalized spacial score (nSPS) is 11.9. The van der Waals surface area contributed by atoms with E-state index in [-0.39, 0.29) is 0 Å². The van der Waals surface area contributed by atoms with Gasteiger partial charge in [0.2, 0.25) is 0 Å². The SMILES string of the molecule is c1ccc(-c2nc3nc(-c4cccc(-n5c6ccccc6c6cc(-c7ccc8c(c7)c7ccccc7n8-c7cccnc7)ccc65)c4)nn3c3ccccc23)cc1. The Hall–Kier alpha value is -7.90. The Morgan fingerprint density at radius 1 is 0.368 bits per heavy atom. The molecule has 5 heterocycles. The van der Waals surface area contributed by atoms with Gasteiger partial charge in [-0.05, 0) is 77.9 Å². The summed E-state index contributed by atoms with van der Waals surface area (Å²) >= 11 is 0. The van der Waals surface area contributed by atoms with Crippen LogP contribution in [0.25, 0.3) is 105 Å². The monoisotopic (exact) mass is 729 g/mol. The Labute approximate surface area is 326 Å². The van der Waals surface area contributed by atoms with Gasteiger partial charge in [-0.2, -0.15) is 9.50 Å². The second-order valence-electron chi connectivity index (χ2n) is 14.4. The Morgan fingerprint density at radius 3 is 1.63 bits per heavy atom. The van der Waals surface area contributed by atoms with Crippen LogP contribution in [0.5, 0.6) is 0 Å². The average molecular weight is 730 g/mol. The number of nitrogens with zero attached hydrogens (tertiary/aromatic N) is 7. The van der Waals surface area contributed by atoms with Gasteiger partial charge in [0.15, 0.2) is 5.82 Å². The summed E-state index contributed by atoms with van der Waals surface area (Å²) in [5.41, 5.74) is 12.9. The first kappa shape index (κ1) is 31.5. The molecule has 5 aromatic heterocycles. The third kappa shape index (κ3) is 4.86. The minimum Gasteiger partial charge on any atom is -0.309 e. The van der Waals surface area contributed by atoms with Crippen LogP contribution in [-0.2, 0) is 0 Å². The molecule has 0 amide bonds. The van der Waals surface area contributed by atoms with Crippen LogP contribution in [0.3, 0.4) is 0 Å². The van der Waals surface area contributed by atoms with Gasteiger partial charge in [-0.1, -0.05) is 109 Å². The Kier molecular flexibility index (Phi) is 6.79. The zero-order valence-electron chi connectivity index (χ0n) is 30.5. The predicted octanol–water partition coefficient (Wildman–Crippen LogP) is 11.9. The largest absolute Gasteiger partial charge is 0.309 e. The average Bonchev–Trinajstić information content (AvgIpc) is 3.97. The fraction of sp³-hybridized carbons (Fsp3) is 0. The van der Waals surface area contributed by atoms with Crippen molar-refractivity contribution in [2.24, 2.45) is 0 Å². The maximum absolute atomic E-state index is 5.03. The number of rotatable bonds is 5. The van der Waals surface area contributed by atoms with Crippen LogP contribution in [0.2, 0.25) is 0 Å². The van der Waals surface area contributed by atoms with Crippen LogP contribution in [0.1, 0.15) is 0 Å². The van der Waals surface area contributed by atoms with Crippen molar-refractivity contribution >= 4 is 60.3 Å². The summed E-state index contributed by atoms with van der Waals surface area (Å²) in [6.07, 6.45) is 3.74. The third-order valence-corrected chi connectivity index (χ3v) is 11.2.